The van der Waals surface area contributed by atoms with Crippen molar-refractivity contribution in [1.29, 1.82) is 0 Å². The molecule has 5 heteroatoms. The largest absolute Gasteiger partial charge is 0.396 e. The van der Waals surface area contributed by atoms with Gasteiger partial charge in [-0.1, -0.05) is 0 Å². The lowest BCUT2D eigenvalue weighted by molar-refractivity contribution is 0.296. The quantitative estimate of drug-likeness (QED) is 0.449. The summed E-state index contributed by atoms with van der Waals surface area (Å²) >= 11 is 1.64. The fourth-order valence-corrected chi connectivity index (χ4v) is 1.66. The van der Waals surface area contributed by atoms with Gasteiger partial charge in [0.15, 0.2) is 0 Å². The van der Waals surface area contributed by atoms with Gasteiger partial charge in [0.1, 0.15) is 5.03 Å². The molecule has 0 aliphatic rings. The van der Waals surface area contributed by atoms with E-state index in [4.69, 9.17) is 5.11 Å². The van der Waals surface area contributed by atoms with Crippen LogP contribution in [0.4, 0.5) is 5.95 Å². The zero-order valence-corrected chi connectivity index (χ0v) is 9.29. The average Bonchev–Trinajstić information content (AvgIpc) is 2.19. The molecule has 0 aliphatic carbocycles. The minimum atomic E-state index is 0.235. The van der Waals surface area contributed by atoms with Crippen LogP contribution in [-0.2, 0) is 0 Å². The lowest BCUT2D eigenvalue weighted by atomic mass is 10.5. The minimum Gasteiger partial charge on any atom is -0.396 e. The Labute approximate surface area is 88.4 Å². The topological polar surface area (TPSA) is 49.2 Å². The van der Waals surface area contributed by atoms with Gasteiger partial charge in [-0.3, -0.25) is 0 Å². The molecule has 0 unspecified atom stereocenters. The van der Waals surface area contributed by atoms with Gasteiger partial charge < -0.3 is 10.0 Å². The Balaban J connectivity index is 2.55. The molecule has 1 rings (SSSR count). The first kappa shape index (κ1) is 11.3. The monoisotopic (exact) mass is 213 g/mol. The Morgan fingerprint density at radius 3 is 2.93 bits per heavy atom. The normalized spacial score (nSPS) is 10.2. The molecule has 14 heavy (non-hydrogen) atoms. The van der Waals surface area contributed by atoms with E-state index in [1.54, 1.807) is 18.0 Å². The first-order valence-electron chi connectivity index (χ1n) is 4.48. The number of aromatic nitrogens is 2. The second-order valence-corrected chi connectivity index (χ2v) is 4.13. The summed E-state index contributed by atoms with van der Waals surface area (Å²) in [6.07, 6.45) is 2.55. The maximum absolute atomic E-state index is 8.63. The van der Waals surface area contributed by atoms with Gasteiger partial charge in [0.2, 0.25) is 5.95 Å². The Bertz CT molecular complexity index is 281. The van der Waals surface area contributed by atoms with Gasteiger partial charge in [0.05, 0.1) is 0 Å². The molecule has 1 heterocycles. The molecule has 0 fully saturated rings. The molecule has 0 saturated heterocycles. The number of thioether (sulfide) groups is 1. The summed E-state index contributed by atoms with van der Waals surface area (Å²) < 4.78 is 0. The van der Waals surface area contributed by atoms with Crippen LogP contribution >= 0.6 is 11.8 Å². The molecule has 0 atom stereocenters. The molecule has 0 aliphatic heterocycles. The molecule has 0 radical (unpaired) electrons. The van der Waals surface area contributed by atoms with Gasteiger partial charge in [-0.15, -0.1) is 11.8 Å². The summed E-state index contributed by atoms with van der Waals surface area (Å²) in [6, 6.07) is 1.88. The number of rotatable bonds is 5. The van der Waals surface area contributed by atoms with Crippen molar-refractivity contribution < 1.29 is 5.11 Å². The summed E-state index contributed by atoms with van der Waals surface area (Å²) in [4.78, 5) is 10.3. The number of hydrogen-bond acceptors (Lipinski definition) is 5. The van der Waals surface area contributed by atoms with Gasteiger partial charge in [0.25, 0.3) is 0 Å². The third kappa shape index (κ3) is 3.51. The summed E-state index contributed by atoms with van der Waals surface area (Å²) in [5.41, 5.74) is 0. The summed E-state index contributed by atoms with van der Waals surface area (Å²) in [7, 11) is 3.83. The van der Waals surface area contributed by atoms with Crippen LogP contribution in [0, 0.1) is 0 Å². The zero-order valence-electron chi connectivity index (χ0n) is 8.47. The van der Waals surface area contributed by atoms with Crippen LogP contribution in [0.15, 0.2) is 17.3 Å². The molecule has 1 aromatic rings. The van der Waals surface area contributed by atoms with Crippen molar-refractivity contribution in [2.75, 3.05) is 31.4 Å². The number of hydrogen-bond donors (Lipinski definition) is 1. The number of anilines is 1. The Morgan fingerprint density at radius 1 is 1.50 bits per heavy atom. The van der Waals surface area contributed by atoms with Crippen molar-refractivity contribution in [2.45, 2.75) is 11.4 Å². The van der Waals surface area contributed by atoms with E-state index < -0.39 is 0 Å². The molecule has 0 bridgehead atoms. The van der Waals surface area contributed by atoms with Crippen LogP contribution in [0.2, 0.25) is 0 Å². The molecule has 0 aromatic carbocycles. The Morgan fingerprint density at radius 2 is 2.29 bits per heavy atom. The standard InChI is InChI=1S/C9H15N3OS/c1-12(2)9-10-5-4-8(11-9)14-7-3-6-13/h4-5,13H,3,6-7H2,1-2H3. The lowest BCUT2D eigenvalue weighted by Crippen LogP contribution is -2.12. The fraction of sp³-hybridized carbons (Fsp3) is 0.556. The fourth-order valence-electron chi connectivity index (χ4n) is 0.870. The van der Waals surface area contributed by atoms with E-state index in [9.17, 15) is 0 Å². The minimum absolute atomic E-state index is 0.235. The molecule has 1 N–H and O–H groups in total. The maximum atomic E-state index is 8.63. The highest BCUT2D eigenvalue weighted by atomic mass is 32.2. The van der Waals surface area contributed by atoms with E-state index in [1.807, 2.05) is 25.1 Å². The second kappa shape index (κ2) is 5.82. The number of aliphatic hydroxyl groups is 1. The molecule has 0 saturated carbocycles. The van der Waals surface area contributed by atoms with Crippen molar-refractivity contribution in [3.8, 4) is 0 Å². The van der Waals surface area contributed by atoms with E-state index in [1.165, 1.54) is 0 Å². The van der Waals surface area contributed by atoms with Crippen molar-refractivity contribution in [2.24, 2.45) is 0 Å². The molecular weight excluding hydrogens is 198 g/mol. The van der Waals surface area contributed by atoms with E-state index in [-0.39, 0.29) is 6.61 Å². The van der Waals surface area contributed by atoms with Crippen LogP contribution in [0.1, 0.15) is 6.42 Å². The van der Waals surface area contributed by atoms with Gasteiger partial charge in [-0.2, -0.15) is 0 Å². The average molecular weight is 213 g/mol. The van der Waals surface area contributed by atoms with Gasteiger partial charge >= 0.3 is 0 Å². The lowest BCUT2D eigenvalue weighted by Gasteiger charge is -2.10. The van der Waals surface area contributed by atoms with E-state index in [2.05, 4.69) is 9.97 Å². The van der Waals surface area contributed by atoms with Crippen LogP contribution in [0.3, 0.4) is 0 Å². The molecule has 4 nitrogen and oxygen atoms in total. The van der Waals surface area contributed by atoms with Crippen molar-refractivity contribution >= 4 is 17.7 Å². The van der Waals surface area contributed by atoms with Crippen molar-refractivity contribution in [3.63, 3.8) is 0 Å². The highest BCUT2D eigenvalue weighted by Crippen LogP contribution is 2.17. The van der Waals surface area contributed by atoms with Crippen LogP contribution < -0.4 is 4.90 Å². The summed E-state index contributed by atoms with van der Waals surface area (Å²) in [5, 5.41) is 9.59. The van der Waals surface area contributed by atoms with Crippen molar-refractivity contribution in [3.05, 3.63) is 12.3 Å². The second-order valence-electron chi connectivity index (χ2n) is 3.01. The highest BCUT2D eigenvalue weighted by Gasteiger charge is 2.00. The SMILES string of the molecule is CN(C)c1nccc(SCCCO)n1. The third-order valence-corrected chi connectivity index (χ3v) is 2.59. The van der Waals surface area contributed by atoms with Gasteiger partial charge in [0, 0.05) is 32.7 Å². The summed E-state index contributed by atoms with van der Waals surface area (Å²) in [6.45, 7) is 0.235. The van der Waals surface area contributed by atoms with E-state index in [0.29, 0.717) is 0 Å². The van der Waals surface area contributed by atoms with Crippen LogP contribution in [0.25, 0.3) is 0 Å². The molecule has 0 amide bonds. The van der Waals surface area contributed by atoms with Gasteiger partial charge in [-0.05, 0) is 12.5 Å². The predicted molar refractivity (Wildman–Crippen MR) is 58.8 cm³/mol. The van der Waals surface area contributed by atoms with Crippen molar-refractivity contribution in [1.82, 2.24) is 9.97 Å². The van der Waals surface area contributed by atoms with E-state index in [0.717, 1.165) is 23.1 Å². The smallest absolute Gasteiger partial charge is 0.225 e. The van der Waals surface area contributed by atoms with Crippen LogP contribution in [-0.4, -0.2) is 41.5 Å². The number of aliphatic hydroxyl groups excluding tert-OH is 1. The Hall–Kier alpha value is -0.810. The third-order valence-electron chi connectivity index (χ3n) is 1.57. The molecule has 0 spiro atoms. The molecular formula is C9H15N3OS. The number of nitrogens with zero attached hydrogens (tertiary/aromatic N) is 3. The van der Waals surface area contributed by atoms with Crippen LogP contribution in [0.5, 0.6) is 0 Å². The molecule has 1 aromatic heterocycles. The zero-order chi connectivity index (χ0) is 10.4. The molecule has 78 valence electrons. The first-order valence-corrected chi connectivity index (χ1v) is 5.46. The highest BCUT2D eigenvalue weighted by molar-refractivity contribution is 7.99. The van der Waals surface area contributed by atoms with E-state index >= 15 is 0 Å². The maximum Gasteiger partial charge on any atom is 0.225 e. The first-order chi connectivity index (χ1) is 6.74. The van der Waals surface area contributed by atoms with Gasteiger partial charge in [-0.25, -0.2) is 9.97 Å². The summed E-state index contributed by atoms with van der Waals surface area (Å²) in [5.74, 6) is 1.61. The Kier molecular flexibility index (Phi) is 4.69. The predicted octanol–water partition coefficient (Wildman–Crippen LogP) is 1.02.